The van der Waals surface area contributed by atoms with Gasteiger partial charge in [-0.3, -0.25) is 4.79 Å². The number of ketones is 1. The molecule has 0 aliphatic rings. The van der Waals surface area contributed by atoms with Crippen molar-refractivity contribution in [2.45, 2.75) is 6.18 Å². The molecule has 20 heavy (non-hydrogen) atoms. The van der Waals surface area contributed by atoms with E-state index in [9.17, 15) is 22.4 Å². The van der Waals surface area contributed by atoms with E-state index in [1.54, 1.807) is 0 Å². The fourth-order valence-corrected chi connectivity index (χ4v) is 3.48. The van der Waals surface area contributed by atoms with Crippen molar-refractivity contribution in [3.8, 4) is 0 Å². The molecule has 106 valence electrons. The molecule has 1 aromatic carbocycles. The van der Waals surface area contributed by atoms with Crippen LogP contribution in [-0.4, -0.2) is 5.78 Å². The van der Waals surface area contributed by atoms with Gasteiger partial charge in [-0.25, -0.2) is 4.39 Å². The lowest BCUT2D eigenvalue weighted by molar-refractivity contribution is -0.140. The first kappa shape index (κ1) is 15.7. The first-order valence-corrected chi connectivity index (χ1v) is 7.46. The highest BCUT2D eigenvalue weighted by molar-refractivity contribution is 9.13. The van der Waals surface area contributed by atoms with Crippen LogP contribution in [0.2, 0.25) is 0 Å². The minimum atomic E-state index is -4.78. The molecule has 0 fully saturated rings. The van der Waals surface area contributed by atoms with Gasteiger partial charge in [-0.2, -0.15) is 13.2 Å². The van der Waals surface area contributed by atoms with Gasteiger partial charge in [0.2, 0.25) is 5.78 Å². The number of thiophene rings is 1. The molecule has 0 bridgehead atoms. The molecule has 1 nitrogen and oxygen atoms in total. The quantitative estimate of drug-likeness (QED) is 0.442. The zero-order valence-corrected chi connectivity index (χ0v) is 13.4. The van der Waals surface area contributed by atoms with Crippen LogP contribution in [0.15, 0.2) is 32.5 Å². The van der Waals surface area contributed by atoms with Gasteiger partial charge in [0.05, 0.1) is 14.2 Å². The van der Waals surface area contributed by atoms with Gasteiger partial charge in [-0.15, -0.1) is 11.3 Å². The summed E-state index contributed by atoms with van der Waals surface area (Å²) in [5.41, 5.74) is -1.51. The predicted molar refractivity (Wildman–Crippen MR) is 74.6 cm³/mol. The molecule has 0 spiro atoms. The lowest BCUT2D eigenvalue weighted by atomic mass is 10.1. The third kappa shape index (κ3) is 3.12. The Hall–Kier alpha value is -0.730. The van der Waals surface area contributed by atoms with Crippen molar-refractivity contribution < 1.29 is 22.4 Å². The summed E-state index contributed by atoms with van der Waals surface area (Å²) in [5.74, 6) is -1.99. The van der Waals surface area contributed by atoms with Gasteiger partial charge in [-0.05, 0) is 50.1 Å². The van der Waals surface area contributed by atoms with E-state index in [1.807, 2.05) is 0 Å². The van der Waals surface area contributed by atoms with E-state index in [4.69, 9.17) is 0 Å². The Morgan fingerprint density at radius 3 is 2.25 bits per heavy atom. The lowest BCUT2D eigenvalue weighted by Gasteiger charge is -2.08. The molecule has 0 aliphatic carbocycles. The molecule has 0 radical (unpaired) electrons. The summed E-state index contributed by atoms with van der Waals surface area (Å²) >= 11 is 7.51. The van der Waals surface area contributed by atoms with Crippen molar-refractivity contribution in [2.75, 3.05) is 0 Å². The van der Waals surface area contributed by atoms with E-state index >= 15 is 0 Å². The van der Waals surface area contributed by atoms with Gasteiger partial charge in [-0.1, -0.05) is 6.07 Å². The number of carbonyl (C=O) groups excluding carboxylic acids is 1. The van der Waals surface area contributed by atoms with Crippen LogP contribution < -0.4 is 0 Å². The Morgan fingerprint density at radius 1 is 1.15 bits per heavy atom. The second kappa shape index (κ2) is 5.57. The lowest BCUT2D eigenvalue weighted by Crippen LogP contribution is -2.09. The van der Waals surface area contributed by atoms with Gasteiger partial charge in [0.25, 0.3) is 0 Å². The summed E-state index contributed by atoms with van der Waals surface area (Å²) in [6, 6.07) is 3.66. The van der Waals surface area contributed by atoms with Crippen LogP contribution in [0.5, 0.6) is 0 Å². The average Bonchev–Trinajstić information content (AvgIpc) is 2.67. The standard InChI is InChI=1S/C12H4Br2F4OS/c13-7-4-9(20-11(7)14)10(19)5-1-2-6(8(15)3-5)12(16,17)18/h1-4H. The van der Waals surface area contributed by atoms with Crippen molar-refractivity contribution in [1.29, 1.82) is 0 Å². The van der Waals surface area contributed by atoms with E-state index in [1.165, 1.54) is 6.07 Å². The fourth-order valence-electron chi connectivity index (χ4n) is 1.49. The van der Waals surface area contributed by atoms with Crippen molar-refractivity contribution in [1.82, 2.24) is 0 Å². The smallest absolute Gasteiger partial charge is 0.288 e. The van der Waals surface area contributed by atoms with E-state index in [0.29, 0.717) is 25.3 Å². The van der Waals surface area contributed by atoms with Crippen LogP contribution in [0.25, 0.3) is 0 Å². The minimum absolute atomic E-state index is 0.128. The molecule has 1 aromatic heterocycles. The average molecular weight is 432 g/mol. The molecular formula is C12H4Br2F4OS. The van der Waals surface area contributed by atoms with E-state index in [0.717, 1.165) is 17.4 Å². The first-order chi connectivity index (χ1) is 9.20. The summed E-state index contributed by atoms with van der Waals surface area (Å²) < 4.78 is 52.0. The van der Waals surface area contributed by atoms with E-state index in [-0.39, 0.29) is 5.56 Å². The Balaban J connectivity index is 2.39. The highest BCUT2D eigenvalue weighted by atomic mass is 79.9. The second-order valence-electron chi connectivity index (χ2n) is 3.75. The molecule has 0 unspecified atom stereocenters. The largest absolute Gasteiger partial charge is 0.419 e. The molecule has 0 atom stereocenters. The topological polar surface area (TPSA) is 17.1 Å². The zero-order valence-electron chi connectivity index (χ0n) is 9.39. The molecule has 0 N–H and O–H groups in total. The third-order valence-electron chi connectivity index (χ3n) is 2.41. The third-order valence-corrected chi connectivity index (χ3v) is 5.66. The van der Waals surface area contributed by atoms with Crippen LogP contribution in [0.4, 0.5) is 17.6 Å². The van der Waals surface area contributed by atoms with Crippen LogP contribution in [0, 0.1) is 5.82 Å². The van der Waals surface area contributed by atoms with E-state index in [2.05, 4.69) is 31.9 Å². The van der Waals surface area contributed by atoms with Gasteiger partial charge in [0.1, 0.15) is 5.82 Å². The van der Waals surface area contributed by atoms with Crippen molar-refractivity contribution in [2.24, 2.45) is 0 Å². The molecule has 0 aliphatic heterocycles. The molecular weight excluding hydrogens is 428 g/mol. The molecule has 0 saturated heterocycles. The summed E-state index contributed by atoms with van der Waals surface area (Å²) in [7, 11) is 0. The highest BCUT2D eigenvalue weighted by Gasteiger charge is 2.34. The van der Waals surface area contributed by atoms with Crippen LogP contribution in [-0.2, 0) is 6.18 Å². The normalized spacial score (nSPS) is 11.7. The Morgan fingerprint density at radius 2 is 1.80 bits per heavy atom. The molecule has 0 saturated carbocycles. The highest BCUT2D eigenvalue weighted by Crippen LogP contribution is 2.35. The second-order valence-corrected chi connectivity index (χ2v) is 6.98. The summed E-state index contributed by atoms with van der Waals surface area (Å²) in [6.07, 6.45) is -4.78. The molecule has 0 amide bonds. The number of hydrogen-bond acceptors (Lipinski definition) is 2. The SMILES string of the molecule is O=C(c1ccc(C(F)(F)F)c(F)c1)c1cc(Br)c(Br)s1. The Kier molecular flexibility index (Phi) is 4.36. The van der Waals surface area contributed by atoms with E-state index < -0.39 is 23.3 Å². The Bertz CT molecular complexity index is 659. The van der Waals surface area contributed by atoms with Crippen LogP contribution >= 0.6 is 43.2 Å². The van der Waals surface area contributed by atoms with Crippen molar-refractivity contribution in [3.05, 3.63) is 54.3 Å². The first-order valence-electron chi connectivity index (χ1n) is 5.06. The number of hydrogen-bond donors (Lipinski definition) is 0. The Labute approximate surface area is 131 Å². The number of alkyl halides is 3. The van der Waals surface area contributed by atoms with Gasteiger partial charge in [0.15, 0.2) is 0 Å². The number of benzene rings is 1. The zero-order chi connectivity index (χ0) is 15.1. The van der Waals surface area contributed by atoms with Gasteiger partial charge in [0, 0.05) is 10.0 Å². The monoisotopic (exact) mass is 430 g/mol. The maximum Gasteiger partial charge on any atom is 0.419 e. The maximum atomic E-state index is 13.4. The van der Waals surface area contributed by atoms with Crippen LogP contribution in [0.3, 0.4) is 0 Å². The van der Waals surface area contributed by atoms with Crippen molar-refractivity contribution in [3.63, 3.8) is 0 Å². The molecule has 2 rings (SSSR count). The predicted octanol–water partition coefficient (Wildman–Crippen LogP) is 5.66. The number of halogens is 6. The van der Waals surface area contributed by atoms with Gasteiger partial charge >= 0.3 is 6.18 Å². The summed E-state index contributed by atoms with van der Waals surface area (Å²) in [5, 5.41) is 0. The van der Waals surface area contributed by atoms with Crippen molar-refractivity contribution >= 4 is 49.0 Å². The summed E-state index contributed by atoms with van der Waals surface area (Å²) in [4.78, 5) is 12.3. The minimum Gasteiger partial charge on any atom is -0.288 e. The number of rotatable bonds is 2. The molecule has 2 aromatic rings. The molecule has 1 heterocycles. The van der Waals surface area contributed by atoms with Gasteiger partial charge < -0.3 is 0 Å². The number of carbonyl (C=O) groups is 1. The van der Waals surface area contributed by atoms with Crippen LogP contribution in [0.1, 0.15) is 20.8 Å². The maximum absolute atomic E-state index is 13.4. The molecule has 8 heteroatoms. The summed E-state index contributed by atoms with van der Waals surface area (Å²) in [6.45, 7) is 0. The fraction of sp³-hybridized carbons (Fsp3) is 0.0833.